The molecule has 0 saturated carbocycles. The third kappa shape index (κ3) is 4.42. The number of sulfonamides is 1. The van der Waals surface area contributed by atoms with Crippen molar-refractivity contribution < 1.29 is 17.9 Å². The summed E-state index contributed by atoms with van der Waals surface area (Å²) in [7, 11) is -3.64. The number of aliphatic hydroxyl groups is 1. The van der Waals surface area contributed by atoms with Crippen molar-refractivity contribution >= 4 is 10.0 Å². The largest absolute Gasteiger partial charge is 0.469 e. The van der Waals surface area contributed by atoms with Gasteiger partial charge in [0.1, 0.15) is 5.76 Å². The average molecular weight is 309 g/mol. The third-order valence-electron chi connectivity index (χ3n) is 3.08. The van der Waals surface area contributed by atoms with Crippen molar-refractivity contribution in [2.75, 3.05) is 6.54 Å². The molecule has 1 heterocycles. The van der Waals surface area contributed by atoms with Gasteiger partial charge in [0.2, 0.25) is 10.0 Å². The predicted octanol–water partition coefficient (Wildman–Crippen LogP) is 1.86. The minimum atomic E-state index is -3.64. The highest BCUT2D eigenvalue weighted by atomic mass is 32.2. The molecule has 0 amide bonds. The van der Waals surface area contributed by atoms with Gasteiger partial charge in [-0.1, -0.05) is 12.1 Å². The predicted molar refractivity (Wildman–Crippen MR) is 79.4 cm³/mol. The summed E-state index contributed by atoms with van der Waals surface area (Å²) in [6, 6.07) is 10.1. The topological polar surface area (TPSA) is 79.5 Å². The second-order valence-electron chi connectivity index (χ2n) is 5.39. The number of hydrogen-bond donors (Lipinski definition) is 2. The van der Waals surface area contributed by atoms with Crippen molar-refractivity contribution in [3.63, 3.8) is 0 Å². The Kier molecular flexibility index (Phi) is 4.51. The maximum absolute atomic E-state index is 12.2. The van der Waals surface area contributed by atoms with Crippen LogP contribution in [0.25, 0.3) is 0 Å². The maximum Gasteiger partial charge on any atom is 0.240 e. The number of aryl methyl sites for hydroxylation is 1. The normalized spacial score (nSPS) is 14.8. The summed E-state index contributed by atoms with van der Waals surface area (Å²) in [6.45, 7) is 3.30. The van der Waals surface area contributed by atoms with E-state index in [0.717, 1.165) is 5.56 Å². The average Bonchev–Trinajstić information content (AvgIpc) is 2.89. The molecule has 1 atom stereocenters. The van der Waals surface area contributed by atoms with Crippen LogP contribution in [0.4, 0.5) is 0 Å². The number of hydrogen-bond acceptors (Lipinski definition) is 4. The molecule has 0 spiro atoms. The molecule has 1 aromatic carbocycles. The minimum absolute atomic E-state index is 0.0933. The lowest BCUT2D eigenvalue weighted by atomic mass is 10.0. The molecule has 1 aromatic heterocycles. The molecule has 0 aliphatic rings. The van der Waals surface area contributed by atoms with E-state index in [1.165, 1.54) is 12.3 Å². The second-order valence-corrected chi connectivity index (χ2v) is 7.16. The second kappa shape index (κ2) is 6.01. The third-order valence-corrected chi connectivity index (χ3v) is 4.48. The zero-order valence-corrected chi connectivity index (χ0v) is 12.9. The van der Waals surface area contributed by atoms with E-state index < -0.39 is 15.6 Å². The molecule has 2 rings (SSSR count). The fourth-order valence-electron chi connectivity index (χ4n) is 1.97. The molecule has 0 bridgehead atoms. The summed E-state index contributed by atoms with van der Waals surface area (Å²) in [4.78, 5) is 0.191. The molecular weight excluding hydrogens is 290 g/mol. The van der Waals surface area contributed by atoms with Crippen molar-refractivity contribution in [2.45, 2.75) is 30.8 Å². The van der Waals surface area contributed by atoms with Gasteiger partial charge in [-0.15, -0.1) is 0 Å². The Hall–Kier alpha value is -1.63. The molecule has 0 saturated heterocycles. The highest BCUT2D eigenvalue weighted by Gasteiger charge is 2.25. The fourth-order valence-corrected chi connectivity index (χ4v) is 3.23. The first kappa shape index (κ1) is 15.8. The molecule has 0 radical (unpaired) electrons. The van der Waals surface area contributed by atoms with Gasteiger partial charge >= 0.3 is 0 Å². The summed E-state index contributed by atoms with van der Waals surface area (Å²) < 4.78 is 32.0. The van der Waals surface area contributed by atoms with E-state index in [1.807, 2.05) is 13.0 Å². The van der Waals surface area contributed by atoms with Gasteiger partial charge in [-0.3, -0.25) is 0 Å². The van der Waals surface area contributed by atoms with Crippen LogP contribution in [0, 0.1) is 6.92 Å². The summed E-state index contributed by atoms with van der Waals surface area (Å²) >= 11 is 0. The Morgan fingerprint density at radius 2 is 2.05 bits per heavy atom. The van der Waals surface area contributed by atoms with Crippen LogP contribution in [-0.4, -0.2) is 25.7 Å². The quantitative estimate of drug-likeness (QED) is 0.853. The summed E-state index contributed by atoms with van der Waals surface area (Å²) in [5, 5.41) is 10.3. The molecule has 0 aliphatic carbocycles. The Morgan fingerprint density at radius 1 is 1.29 bits per heavy atom. The first-order chi connectivity index (χ1) is 9.78. The van der Waals surface area contributed by atoms with Crippen LogP contribution < -0.4 is 4.72 Å². The van der Waals surface area contributed by atoms with E-state index in [9.17, 15) is 13.5 Å². The van der Waals surface area contributed by atoms with Crippen LogP contribution in [0.5, 0.6) is 0 Å². The SMILES string of the molecule is Cc1cccc(S(=O)(=O)NCC(C)(O)Cc2ccco2)c1. The smallest absolute Gasteiger partial charge is 0.240 e. The van der Waals surface area contributed by atoms with E-state index in [2.05, 4.69) is 4.72 Å². The van der Waals surface area contributed by atoms with Gasteiger partial charge in [0.15, 0.2) is 0 Å². The van der Waals surface area contributed by atoms with Crippen molar-refractivity contribution in [1.29, 1.82) is 0 Å². The molecule has 0 fully saturated rings. The van der Waals surface area contributed by atoms with Crippen LogP contribution in [0.3, 0.4) is 0 Å². The van der Waals surface area contributed by atoms with Gasteiger partial charge in [-0.25, -0.2) is 13.1 Å². The van der Waals surface area contributed by atoms with Crippen LogP contribution in [0.1, 0.15) is 18.2 Å². The van der Waals surface area contributed by atoms with E-state index in [0.29, 0.717) is 5.76 Å². The summed E-state index contributed by atoms with van der Waals surface area (Å²) in [6.07, 6.45) is 1.75. The minimum Gasteiger partial charge on any atom is -0.469 e. The fraction of sp³-hybridized carbons (Fsp3) is 0.333. The molecule has 2 N–H and O–H groups in total. The van der Waals surface area contributed by atoms with Crippen LogP contribution in [0.2, 0.25) is 0 Å². The highest BCUT2D eigenvalue weighted by molar-refractivity contribution is 7.89. The van der Waals surface area contributed by atoms with E-state index in [4.69, 9.17) is 4.42 Å². The maximum atomic E-state index is 12.2. The molecular formula is C15H19NO4S. The Morgan fingerprint density at radius 3 is 2.67 bits per heavy atom. The zero-order chi connectivity index (χ0) is 15.5. The Balaban J connectivity index is 2.04. The van der Waals surface area contributed by atoms with Gasteiger partial charge in [-0.2, -0.15) is 0 Å². The van der Waals surface area contributed by atoms with Gasteiger partial charge in [0.05, 0.1) is 16.8 Å². The van der Waals surface area contributed by atoms with Crippen molar-refractivity contribution in [3.05, 3.63) is 54.0 Å². The van der Waals surface area contributed by atoms with Gasteiger partial charge in [0, 0.05) is 13.0 Å². The molecule has 21 heavy (non-hydrogen) atoms. The standard InChI is InChI=1S/C15H19NO4S/c1-12-5-3-7-14(9-12)21(18,19)16-11-15(2,17)10-13-6-4-8-20-13/h3-9,16-17H,10-11H2,1-2H3. The van der Waals surface area contributed by atoms with Crippen molar-refractivity contribution in [1.82, 2.24) is 4.72 Å². The van der Waals surface area contributed by atoms with E-state index in [1.54, 1.807) is 31.2 Å². The number of rotatable bonds is 6. The first-order valence-electron chi connectivity index (χ1n) is 6.60. The first-order valence-corrected chi connectivity index (χ1v) is 8.08. The lowest BCUT2D eigenvalue weighted by Crippen LogP contribution is -2.42. The highest BCUT2D eigenvalue weighted by Crippen LogP contribution is 2.15. The number of furan rings is 1. The van der Waals surface area contributed by atoms with Gasteiger partial charge < -0.3 is 9.52 Å². The zero-order valence-electron chi connectivity index (χ0n) is 12.0. The van der Waals surface area contributed by atoms with Crippen molar-refractivity contribution in [2.24, 2.45) is 0 Å². The molecule has 6 heteroatoms. The van der Waals surface area contributed by atoms with E-state index in [-0.39, 0.29) is 17.9 Å². The Bertz CT molecular complexity index is 690. The van der Waals surface area contributed by atoms with Gasteiger partial charge in [0.25, 0.3) is 0 Å². The number of nitrogens with one attached hydrogen (secondary N) is 1. The lowest BCUT2D eigenvalue weighted by molar-refractivity contribution is 0.0603. The van der Waals surface area contributed by atoms with E-state index >= 15 is 0 Å². The van der Waals surface area contributed by atoms with Crippen LogP contribution in [-0.2, 0) is 16.4 Å². The summed E-state index contributed by atoms with van der Waals surface area (Å²) in [5.41, 5.74) is -0.366. The van der Waals surface area contributed by atoms with Crippen molar-refractivity contribution in [3.8, 4) is 0 Å². The van der Waals surface area contributed by atoms with Gasteiger partial charge in [-0.05, 0) is 43.7 Å². The molecule has 0 aliphatic heterocycles. The number of benzene rings is 1. The van der Waals surface area contributed by atoms with Crippen LogP contribution >= 0.6 is 0 Å². The molecule has 1 unspecified atom stereocenters. The summed E-state index contributed by atoms with van der Waals surface area (Å²) in [5.74, 6) is 0.606. The monoisotopic (exact) mass is 309 g/mol. The van der Waals surface area contributed by atoms with Crippen LogP contribution in [0.15, 0.2) is 52.0 Å². The Labute approximate surface area is 124 Å². The molecule has 2 aromatic rings. The molecule has 114 valence electrons. The molecule has 5 nitrogen and oxygen atoms in total. The lowest BCUT2D eigenvalue weighted by Gasteiger charge is -2.22.